The fourth-order valence-corrected chi connectivity index (χ4v) is 1.44. The maximum atomic E-state index is 10.1. The molecule has 6 nitrogen and oxygen atoms in total. The van der Waals surface area contributed by atoms with Crippen molar-refractivity contribution in [3.05, 3.63) is 35.0 Å². The average Bonchev–Trinajstić information content (AvgIpc) is 2.85. The highest BCUT2D eigenvalue weighted by Crippen LogP contribution is 2.10. The van der Waals surface area contributed by atoms with Crippen LogP contribution in [0, 0.1) is 0 Å². The van der Waals surface area contributed by atoms with Crippen molar-refractivity contribution in [3.8, 4) is 5.88 Å². The van der Waals surface area contributed by atoms with Crippen molar-refractivity contribution >= 4 is 29.0 Å². The first-order valence-electron chi connectivity index (χ1n) is 4.81. The molecule has 0 atom stereocenters. The van der Waals surface area contributed by atoms with Gasteiger partial charge in [-0.2, -0.15) is 0 Å². The number of nitrogens with zero attached hydrogens (tertiary/aromatic N) is 2. The summed E-state index contributed by atoms with van der Waals surface area (Å²) in [6.07, 6.45) is 4.39. The number of carbonyl (C=O) groups excluding carboxylic acids is 2. The van der Waals surface area contributed by atoms with Gasteiger partial charge in [0.15, 0.2) is 17.7 Å². The van der Waals surface area contributed by atoms with Crippen LogP contribution in [0.5, 0.6) is 5.88 Å². The van der Waals surface area contributed by atoms with E-state index in [1.807, 2.05) is 0 Å². The molecule has 0 spiro atoms. The van der Waals surface area contributed by atoms with Gasteiger partial charge in [0.25, 0.3) is 0 Å². The molecule has 94 valence electrons. The summed E-state index contributed by atoms with van der Waals surface area (Å²) in [5, 5.41) is 0.437. The standard InChI is InChI=1S/C7H7NO2.C4H4N2OS/c1-10-7-3-2-6(5-9)4-8-7;5-4-6-1-3(2-7)8-4/h2-5H,1H3;1-2H,(H2,5,6). The number of rotatable bonds is 3. The van der Waals surface area contributed by atoms with Gasteiger partial charge in [-0.3, -0.25) is 9.59 Å². The van der Waals surface area contributed by atoms with E-state index < -0.39 is 0 Å². The first-order valence-corrected chi connectivity index (χ1v) is 5.63. The molecule has 2 aromatic heterocycles. The number of pyridine rings is 1. The van der Waals surface area contributed by atoms with Crippen LogP contribution < -0.4 is 10.5 Å². The van der Waals surface area contributed by atoms with Crippen LogP contribution >= 0.6 is 11.3 Å². The molecule has 0 saturated carbocycles. The van der Waals surface area contributed by atoms with Crippen molar-refractivity contribution in [1.82, 2.24) is 9.97 Å². The maximum absolute atomic E-state index is 10.1. The van der Waals surface area contributed by atoms with Crippen LogP contribution in [-0.4, -0.2) is 29.7 Å². The molecule has 0 radical (unpaired) electrons. The van der Waals surface area contributed by atoms with Gasteiger partial charge in [-0.25, -0.2) is 9.97 Å². The lowest BCUT2D eigenvalue weighted by molar-refractivity contribution is 0.111. The second kappa shape index (κ2) is 7.13. The van der Waals surface area contributed by atoms with Crippen molar-refractivity contribution in [1.29, 1.82) is 0 Å². The number of anilines is 1. The fraction of sp³-hybridized carbons (Fsp3) is 0.0909. The SMILES string of the molecule is COc1ccc(C=O)cn1.Nc1ncc(C=O)s1. The fourth-order valence-electron chi connectivity index (χ4n) is 0.937. The summed E-state index contributed by atoms with van der Waals surface area (Å²) < 4.78 is 4.79. The van der Waals surface area contributed by atoms with E-state index >= 15 is 0 Å². The van der Waals surface area contributed by atoms with Gasteiger partial charge in [-0.05, 0) is 6.07 Å². The highest BCUT2D eigenvalue weighted by Gasteiger charge is 1.92. The summed E-state index contributed by atoms with van der Waals surface area (Å²) in [6, 6.07) is 3.29. The van der Waals surface area contributed by atoms with E-state index in [1.54, 1.807) is 12.1 Å². The number of methoxy groups -OCH3 is 1. The Bertz CT molecular complexity index is 511. The lowest BCUT2D eigenvalue weighted by Gasteiger charge is -1.95. The van der Waals surface area contributed by atoms with Gasteiger partial charge in [-0.15, -0.1) is 0 Å². The van der Waals surface area contributed by atoms with Gasteiger partial charge in [0.05, 0.1) is 18.2 Å². The molecule has 18 heavy (non-hydrogen) atoms. The zero-order valence-corrected chi connectivity index (χ0v) is 10.4. The average molecular weight is 265 g/mol. The predicted molar refractivity (Wildman–Crippen MR) is 68.1 cm³/mol. The van der Waals surface area contributed by atoms with Crippen molar-refractivity contribution in [2.45, 2.75) is 0 Å². The second-order valence-electron chi connectivity index (χ2n) is 2.97. The number of carbonyl (C=O) groups is 2. The summed E-state index contributed by atoms with van der Waals surface area (Å²) >= 11 is 1.19. The maximum Gasteiger partial charge on any atom is 0.212 e. The highest BCUT2D eigenvalue weighted by molar-refractivity contribution is 7.16. The Morgan fingerprint density at radius 3 is 2.33 bits per heavy atom. The molecule has 0 aliphatic heterocycles. The number of nitrogen functional groups attached to an aromatic ring is 1. The Morgan fingerprint density at radius 2 is 2.00 bits per heavy atom. The molecule has 2 rings (SSSR count). The van der Waals surface area contributed by atoms with Crippen LogP contribution in [0.15, 0.2) is 24.5 Å². The zero-order chi connectivity index (χ0) is 13.4. The molecule has 0 bridgehead atoms. The molecule has 0 amide bonds. The number of ether oxygens (including phenoxy) is 1. The Hall–Kier alpha value is -2.28. The molecular formula is C11H11N3O3S. The Labute approximate surface area is 107 Å². The largest absolute Gasteiger partial charge is 0.481 e. The minimum Gasteiger partial charge on any atom is -0.481 e. The van der Waals surface area contributed by atoms with Crippen LogP contribution in [0.3, 0.4) is 0 Å². The van der Waals surface area contributed by atoms with E-state index in [0.717, 1.165) is 12.6 Å². The molecule has 0 unspecified atom stereocenters. The molecule has 0 fully saturated rings. The van der Waals surface area contributed by atoms with Crippen molar-refractivity contribution in [2.75, 3.05) is 12.8 Å². The van der Waals surface area contributed by atoms with Gasteiger partial charge in [0.2, 0.25) is 5.88 Å². The van der Waals surface area contributed by atoms with Crippen LogP contribution in [-0.2, 0) is 0 Å². The van der Waals surface area contributed by atoms with E-state index in [4.69, 9.17) is 10.5 Å². The Kier molecular flexibility index (Phi) is 5.46. The lowest BCUT2D eigenvalue weighted by Crippen LogP contribution is -1.87. The molecule has 0 aromatic carbocycles. The third-order valence-corrected chi connectivity index (χ3v) is 2.51. The topological polar surface area (TPSA) is 95.2 Å². The van der Waals surface area contributed by atoms with E-state index in [9.17, 15) is 9.59 Å². The molecule has 2 N–H and O–H groups in total. The van der Waals surface area contributed by atoms with Crippen molar-refractivity contribution < 1.29 is 14.3 Å². The normalized spacial score (nSPS) is 8.94. The molecule has 2 aromatic rings. The van der Waals surface area contributed by atoms with Gasteiger partial charge in [-0.1, -0.05) is 11.3 Å². The number of nitrogens with two attached hydrogens (primary N) is 1. The molecule has 0 aliphatic carbocycles. The summed E-state index contributed by atoms with van der Waals surface area (Å²) in [5.74, 6) is 0.519. The summed E-state index contributed by atoms with van der Waals surface area (Å²) in [7, 11) is 1.53. The van der Waals surface area contributed by atoms with Crippen LogP contribution in [0.4, 0.5) is 5.13 Å². The molecule has 0 aliphatic rings. The third kappa shape index (κ3) is 4.30. The minimum atomic E-state index is 0.437. The number of hydrogen-bond acceptors (Lipinski definition) is 7. The van der Waals surface area contributed by atoms with Gasteiger partial charge < -0.3 is 10.5 Å². The third-order valence-electron chi connectivity index (χ3n) is 1.76. The number of aldehydes is 2. The smallest absolute Gasteiger partial charge is 0.212 e. The van der Waals surface area contributed by atoms with E-state index in [2.05, 4.69) is 9.97 Å². The van der Waals surface area contributed by atoms with E-state index in [1.165, 1.54) is 30.8 Å². The summed E-state index contributed by atoms with van der Waals surface area (Å²) in [6.45, 7) is 0. The predicted octanol–water partition coefficient (Wildman–Crippen LogP) is 1.44. The minimum absolute atomic E-state index is 0.437. The lowest BCUT2D eigenvalue weighted by atomic mass is 10.3. The van der Waals surface area contributed by atoms with Crippen LogP contribution in [0.2, 0.25) is 0 Å². The molecule has 0 saturated heterocycles. The van der Waals surface area contributed by atoms with Crippen molar-refractivity contribution in [3.63, 3.8) is 0 Å². The second-order valence-corrected chi connectivity index (χ2v) is 4.06. The van der Waals surface area contributed by atoms with Crippen LogP contribution in [0.1, 0.15) is 20.0 Å². The highest BCUT2D eigenvalue weighted by atomic mass is 32.1. The monoisotopic (exact) mass is 265 g/mol. The van der Waals surface area contributed by atoms with Gasteiger partial charge in [0, 0.05) is 17.8 Å². The summed E-state index contributed by atoms with van der Waals surface area (Å²) in [5.41, 5.74) is 5.76. The van der Waals surface area contributed by atoms with E-state index in [0.29, 0.717) is 21.5 Å². The molecule has 7 heteroatoms. The van der Waals surface area contributed by atoms with Crippen molar-refractivity contribution in [2.24, 2.45) is 0 Å². The number of thiazole rings is 1. The quantitative estimate of drug-likeness (QED) is 0.844. The Morgan fingerprint density at radius 1 is 1.22 bits per heavy atom. The molecular weight excluding hydrogens is 254 g/mol. The number of hydrogen-bond donors (Lipinski definition) is 1. The van der Waals surface area contributed by atoms with E-state index in [-0.39, 0.29) is 0 Å². The van der Waals surface area contributed by atoms with Crippen LogP contribution in [0.25, 0.3) is 0 Å². The van der Waals surface area contributed by atoms with Gasteiger partial charge >= 0.3 is 0 Å². The first kappa shape index (κ1) is 13.8. The first-order chi connectivity index (χ1) is 8.69. The summed E-state index contributed by atoms with van der Waals surface area (Å²) in [4.78, 5) is 28.1. The Balaban J connectivity index is 0.000000184. The molecule has 2 heterocycles. The zero-order valence-electron chi connectivity index (χ0n) is 9.57. The number of aromatic nitrogens is 2. The van der Waals surface area contributed by atoms with Gasteiger partial charge in [0.1, 0.15) is 0 Å².